The van der Waals surface area contributed by atoms with E-state index in [0.29, 0.717) is 5.96 Å². The van der Waals surface area contributed by atoms with E-state index in [1.54, 1.807) is 19.0 Å². The molecule has 2 aromatic rings. The second-order valence-corrected chi connectivity index (χ2v) is 7.75. The van der Waals surface area contributed by atoms with Gasteiger partial charge in [-0.1, -0.05) is 18.2 Å². The van der Waals surface area contributed by atoms with E-state index in [1.165, 1.54) is 11.1 Å². The van der Waals surface area contributed by atoms with E-state index >= 15 is 0 Å². The van der Waals surface area contributed by atoms with Gasteiger partial charge in [0.2, 0.25) is 5.91 Å². The Kier molecular flexibility index (Phi) is 8.53. The number of likely N-dealkylation sites (N-methyl/N-ethyl adjacent to an activating group) is 1. The summed E-state index contributed by atoms with van der Waals surface area (Å²) in [6.45, 7) is 6.36. The van der Waals surface area contributed by atoms with Gasteiger partial charge in [0.15, 0.2) is 5.96 Å². The highest BCUT2D eigenvalue weighted by Gasteiger charge is 2.10. The summed E-state index contributed by atoms with van der Waals surface area (Å²) in [4.78, 5) is 23.8. The molecule has 164 valence electrons. The number of ether oxygens (including phenoxy) is 1. The third kappa shape index (κ3) is 7.03. The smallest absolute Gasteiger partial charge is 0.243 e. The van der Waals surface area contributed by atoms with Gasteiger partial charge in [-0.05, 0) is 30.5 Å². The van der Waals surface area contributed by atoms with Crippen molar-refractivity contribution in [2.45, 2.75) is 12.8 Å². The van der Waals surface area contributed by atoms with Crippen LogP contribution in [0.25, 0.3) is 10.9 Å². The lowest BCUT2D eigenvalue weighted by atomic mass is 10.2. The lowest BCUT2D eigenvalue weighted by Crippen LogP contribution is -2.41. The predicted octanol–water partition coefficient (Wildman–Crippen LogP) is 1.06. The van der Waals surface area contributed by atoms with Crippen LogP contribution < -0.4 is 10.6 Å². The lowest BCUT2D eigenvalue weighted by Gasteiger charge is -2.26. The molecular formula is C22H34N6O2. The van der Waals surface area contributed by atoms with E-state index in [2.05, 4.69) is 43.7 Å². The third-order valence-electron chi connectivity index (χ3n) is 5.19. The first-order valence-corrected chi connectivity index (χ1v) is 10.7. The van der Waals surface area contributed by atoms with E-state index in [4.69, 9.17) is 4.74 Å². The van der Waals surface area contributed by atoms with Crippen molar-refractivity contribution in [1.82, 2.24) is 25.4 Å². The number of fused-ring (bicyclic) bond motifs is 1. The van der Waals surface area contributed by atoms with Crippen molar-refractivity contribution in [2.24, 2.45) is 4.99 Å². The van der Waals surface area contributed by atoms with E-state index in [0.717, 1.165) is 64.3 Å². The first-order chi connectivity index (χ1) is 14.6. The number of H-pyrrole nitrogens is 1. The average Bonchev–Trinajstić information content (AvgIpc) is 3.17. The van der Waals surface area contributed by atoms with Crippen molar-refractivity contribution in [3.8, 4) is 0 Å². The summed E-state index contributed by atoms with van der Waals surface area (Å²) in [5, 5.41) is 7.95. The molecule has 0 unspecified atom stereocenters. The monoisotopic (exact) mass is 414 g/mol. The lowest BCUT2D eigenvalue weighted by molar-refractivity contribution is -0.127. The number of nitrogens with zero attached hydrogens (tertiary/aromatic N) is 3. The van der Waals surface area contributed by atoms with E-state index in [-0.39, 0.29) is 12.5 Å². The molecule has 30 heavy (non-hydrogen) atoms. The molecule has 1 saturated heterocycles. The number of carbonyl (C=O) groups excluding carboxylic acids is 1. The van der Waals surface area contributed by atoms with Crippen LogP contribution in [0.2, 0.25) is 0 Å². The number of guanidine groups is 1. The molecule has 0 radical (unpaired) electrons. The molecule has 1 aromatic heterocycles. The molecule has 0 spiro atoms. The number of benzene rings is 1. The number of morpholine rings is 1. The second kappa shape index (κ2) is 11.6. The number of aromatic nitrogens is 1. The highest BCUT2D eigenvalue weighted by molar-refractivity contribution is 5.84. The normalized spacial score (nSPS) is 15.3. The number of aliphatic imine (C=N–C) groups is 1. The molecule has 1 fully saturated rings. The fourth-order valence-electron chi connectivity index (χ4n) is 3.38. The number of rotatable bonds is 9. The number of nitrogens with one attached hydrogen (secondary N) is 3. The van der Waals surface area contributed by atoms with Crippen LogP contribution in [0.15, 0.2) is 35.3 Å². The van der Waals surface area contributed by atoms with Gasteiger partial charge < -0.3 is 25.3 Å². The number of para-hydroxylation sites is 1. The number of hydrogen-bond donors (Lipinski definition) is 3. The highest BCUT2D eigenvalue weighted by atomic mass is 16.5. The molecule has 8 heteroatoms. The summed E-state index contributed by atoms with van der Waals surface area (Å²) >= 11 is 0. The van der Waals surface area contributed by atoms with Crippen LogP contribution in [0, 0.1) is 0 Å². The Balaban J connectivity index is 1.46. The van der Waals surface area contributed by atoms with E-state index in [1.807, 2.05) is 12.1 Å². The van der Waals surface area contributed by atoms with Crippen LogP contribution in [0.1, 0.15) is 12.1 Å². The number of aromatic amines is 1. The first kappa shape index (κ1) is 22.1. The Labute approximate surface area is 178 Å². The van der Waals surface area contributed by atoms with Gasteiger partial charge in [0.1, 0.15) is 6.54 Å². The van der Waals surface area contributed by atoms with Gasteiger partial charge in [-0.15, -0.1) is 0 Å². The fraction of sp³-hybridized carbons (Fsp3) is 0.545. The summed E-state index contributed by atoms with van der Waals surface area (Å²) in [5.41, 5.74) is 2.33. The molecule has 0 bridgehead atoms. The molecule has 0 atom stereocenters. The topological polar surface area (TPSA) is 85.0 Å². The minimum atomic E-state index is -0.0139. The number of hydrogen-bond acceptors (Lipinski definition) is 4. The van der Waals surface area contributed by atoms with Gasteiger partial charge >= 0.3 is 0 Å². The Morgan fingerprint density at radius 1 is 1.20 bits per heavy atom. The van der Waals surface area contributed by atoms with Gasteiger partial charge in [-0.25, -0.2) is 4.99 Å². The van der Waals surface area contributed by atoms with Crippen LogP contribution in [-0.2, 0) is 16.0 Å². The molecule has 3 rings (SSSR count). The van der Waals surface area contributed by atoms with Crippen molar-refractivity contribution in [2.75, 3.05) is 66.6 Å². The van der Waals surface area contributed by atoms with Crippen molar-refractivity contribution >= 4 is 22.8 Å². The standard InChI is InChI=1S/C22H34N6O2/c1-27(2)21(29)17-25-22(23-9-5-11-28-12-14-30-15-13-28)24-10-8-19-16-18-6-3-4-7-20(18)26-19/h3-4,6-7,16,26H,5,8-15,17H2,1-2H3,(H2,23,24,25). The minimum absolute atomic E-state index is 0.0139. The van der Waals surface area contributed by atoms with Crippen LogP contribution >= 0.6 is 0 Å². The quantitative estimate of drug-likeness (QED) is 0.325. The number of carbonyl (C=O) groups is 1. The van der Waals surface area contributed by atoms with E-state index < -0.39 is 0 Å². The minimum Gasteiger partial charge on any atom is -0.379 e. The first-order valence-electron chi connectivity index (χ1n) is 10.7. The van der Waals surface area contributed by atoms with Gasteiger partial charge in [-0.3, -0.25) is 9.69 Å². The fourth-order valence-corrected chi connectivity index (χ4v) is 3.38. The molecule has 1 aliphatic heterocycles. The Morgan fingerprint density at radius 2 is 1.97 bits per heavy atom. The van der Waals surface area contributed by atoms with Gasteiger partial charge in [0.25, 0.3) is 0 Å². The highest BCUT2D eigenvalue weighted by Crippen LogP contribution is 2.14. The molecule has 3 N–H and O–H groups in total. The molecule has 8 nitrogen and oxygen atoms in total. The summed E-state index contributed by atoms with van der Waals surface area (Å²) in [6, 6.07) is 10.5. The average molecular weight is 415 g/mol. The Bertz CT molecular complexity index is 793. The zero-order valence-electron chi connectivity index (χ0n) is 18.1. The van der Waals surface area contributed by atoms with Gasteiger partial charge in [0.05, 0.1) is 13.2 Å². The molecule has 0 aliphatic carbocycles. The predicted molar refractivity (Wildman–Crippen MR) is 121 cm³/mol. The van der Waals surface area contributed by atoms with Crippen LogP contribution in [0.5, 0.6) is 0 Å². The zero-order chi connectivity index (χ0) is 21.2. The van der Waals surface area contributed by atoms with Crippen molar-refractivity contribution in [3.05, 3.63) is 36.0 Å². The summed E-state index contributed by atoms with van der Waals surface area (Å²) in [7, 11) is 3.49. The van der Waals surface area contributed by atoms with Gasteiger partial charge in [-0.2, -0.15) is 0 Å². The summed E-state index contributed by atoms with van der Waals surface area (Å²) in [6.07, 6.45) is 1.87. The second-order valence-electron chi connectivity index (χ2n) is 7.75. The van der Waals surface area contributed by atoms with Crippen LogP contribution in [0.3, 0.4) is 0 Å². The van der Waals surface area contributed by atoms with Crippen molar-refractivity contribution in [3.63, 3.8) is 0 Å². The van der Waals surface area contributed by atoms with Gasteiger partial charge in [0, 0.05) is 57.9 Å². The molecule has 2 heterocycles. The summed E-state index contributed by atoms with van der Waals surface area (Å²) < 4.78 is 5.39. The van der Waals surface area contributed by atoms with Crippen LogP contribution in [0.4, 0.5) is 0 Å². The Hall–Kier alpha value is -2.58. The third-order valence-corrected chi connectivity index (χ3v) is 5.19. The number of amides is 1. The Morgan fingerprint density at radius 3 is 2.73 bits per heavy atom. The summed E-state index contributed by atoms with van der Waals surface area (Å²) in [5.74, 6) is 0.670. The van der Waals surface area contributed by atoms with Crippen molar-refractivity contribution < 1.29 is 9.53 Å². The molecule has 0 saturated carbocycles. The zero-order valence-corrected chi connectivity index (χ0v) is 18.1. The van der Waals surface area contributed by atoms with E-state index in [9.17, 15) is 4.79 Å². The largest absolute Gasteiger partial charge is 0.379 e. The maximum atomic E-state index is 11.9. The van der Waals surface area contributed by atoms with Crippen molar-refractivity contribution in [1.29, 1.82) is 0 Å². The maximum Gasteiger partial charge on any atom is 0.243 e. The maximum absolute atomic E-state index is 11.9. The van der Waals surface area contributed by atoms with Crippen LogP contribution in [-0.4, -0.2) is 93.2 Å². The molecular weight excluding hydrogens is 380 g/mol. The molecule has 1 aliphatic rings. The SMILES string of the molecule is CN(C)C(=O)CN=C(NCCCN1CCOCC1)NCCc1cc2ccccc2[nH]1. The molecule has 1 amide bonds. The molecule has 1 aromatic carbocycles.